The van der Waals surface area contributed by atoms with E-state index in [1.54, 1.807) is 25.3 Å². The van der Waals surface area contributed by atoms with Gasteiger partial charge in [0.05, 0.1) is 13.2 Å². The maximum Gasteiger partial charge on any atom is 0.124 e. The van der Waals surface area contributed by atoms with Crippen molar-refractivity contribution in [3.63, 3.8) is 0 Å². The third-order valence-corrected chi connectivity index (χ3v) is 1.80. The van der Waals surface area contributed by atoms with E-state index in [-0.39, 0.29) is 11.9 Å². The number of rotatable bonds is 4. The van der Waals surface area contributed by atoms with Gasteiger partial charge in [-0.05, 0) is 26.0 Å². The minimum atomic E-state index is 0.00232. The first-order valence-corrected chi connectivity index (χ1v) is 4.73. The SMILES string of the molecule is COc1cc(OC(C)C)cc(C(=N)N)c1. The number of hydrogen-bond acceptors (Lipinski definition) is 3. The molecule has 0 amide bonds. The van der Waals surface area contributed by atoms with Gasteiger partial charge in [0, 0.05) is 11.6 Å². The lowest BCUT2D eigenvalue weighted by Gasteiger charge is -2.12. The number of amidine groups is 1. The summed E-state index contributed by atoms with van der Waals surface area (Å²) in [6.07, 6.45) is 0.0805. The number of benzene rings is 1. The van der Waals surface area contributed by atoms with Crippen LogP contribution < -0.4 is 15.2 Å². The minimum absolute atomic E-state index is 0.00232. The van der Waals surface area contributed by atoms with Gasteiger partial charge in [-0.3, -0.25) is 5.41 Å². The lowest BCUT2D eigenvalue weighted by molar-refractivity contribution is 0.241. The molecule has 1 aromatic carbocycles. The average molecular weight is 208 g/mol. The predicted octanol–water partition coefficient (Wildman–Crippen LogP) is 1.77. The van der Waals surface area contributed by atoms with Crippen LogP contribution in [0.25, 0.3) is 0 Å². The van der Waals surface area contributed by atoms with Crippen LogP contribution >= 0.6 is 0 Å². The molecule has 0 aliphatic rings. The second-order valence-electron chi connectivity index (χ2n) is 3.48. The van der Waals surface area contributed by atoms with E-state index in [1.165, 1.54) is 0 Å². The van der Waals surface area contributed by atoms with Gasteiger partial charge in [-0.15, -0.1) is 0 Å². The molecule has 0 bridgehead atoms. The quantitative estimate of drug-likeness (QED) is 0.585. The summed E-state index contributed by atoms with van der Waals surface area (Å²) >= 11 is 0. The zero-order valence-electron chi connectivity index (χ0n) is 9.20. The van der Waals surface area contributed by atoms with Crippen molar-refractivity contribution < 1.29 is 9.47 Å². The van der Waals surface area contributed by atoms with Crippen molar-refractivity contribution in [2.45, 2.75) is 20.0 Å². The highest BCUT2D eigenvalue weighted by atomic mass is 16.5. The summed E-state index contributed by atoms with van der Waals surface area (Å²) in [5.41, 5.74) is 6.01. The van der Waals surface area contributed by atoms with Crippen LogP contribution in [-0.4, -0.2) is 19.0 Å². The van der Waals surface area contributed by atoms with Crippen LogP contribution in [0.4, 0.5) is 0 Å². The molecule has 0 atom stereocenters. The molecule has 4 heteroatoms. The molecule has 0 saturated heterocycles. The number of nitrogen functional groups attached to an aromatic ring is 1. The normalized spacial score (nSPS) is 10.1. The van der Waals surface area contributed by atoms with E-state index in [1.807, 2.05) is 13.8 Å². The van der Waals surface area contributed by atoms with Crippen molar-refractivity contribution in [2.24, 2.45) is 5.73 Å². The Balaban J connectivity index is 3.05. The van der Waals surface area contributed by atoms with Gasteiger partial charge >= 0.3 is 0 Å². The summed E-state index contributed by atoms with van der Waals surface area (Å²) in [6.45, 7) is 3.87. The van der Waals surface area contributed by atoms with E-state index in [9.17, 15) is 0 Å². The third kappa shape index (κ3) is 3.16. The van der Waals surface area contributed by atoms with E-state index in [2.05, 4.69) is 0 Å². The molecule has 0 fully saturated rings. The van der Waals surface area contributed by atoms with E-state index in [0.29, 0.717) is 17.1 Å². The van der Waals surface area contributed by atoms with Crippen LogP contribution in [0.2, 0.25) is 0 Å². The van der Waals surface area contributed by atoms with Crippen molar-refractivity contribution in [1.29, 1.82) is 5.41 Å². The zero-order valence-corrected chi connectivity index (χ0v) is 9.20. The molecule has 0 aliphatic carbocycles. The first kappa shape index (κ1) is 11.4. The average Bonchev–Trinajstić information content (AvgIpc) is 2.16. The van der Waals surface area contributed by atoms with Crippen molar-refractivity contribution >= 4 is 5.84 Å². The predicted molar refractivity (Wildman–Crippen MR) is 59.8 cm³/mol. The van der Waals surface area contributed by atoms with E-state index < -0.39 is 0 Å². The van der Waals surface area contributed by atoms with Gasteiger partial charge < -0.3 is 15.2 Å². The van der Waals surface area contributed by atoms with Gasteiger partial charge in [-0.25, -0.2) is 0 Å². The molecule has 0 aromatic heterocycles. The molecule has 0 spiro atoms. The highest BCUT2D eigenvalue weighted by molar-refractivity contribution is 5.95. The minimum Gasteiger partial charge on any atom is -0.497 e. The molecule has 1 rings (SSSR count). The smallest absolute Gasteiger partial charge is 0.124 e. The fourth-order valence-electron chi connectivity index (χ4n) is 1.19. The lowest BCUT2D eigenvalue weighted by atomic mass is 10.2. The van der Waals surface area contributed by atoms with E-state index in [4.69, 9.17) is 20.6 Å². The van der Waals surface area contributed by atoms with Crippen LogP contribution in [0.3, 0.4) is 0 Å². The molecule has 1 aromatic rings. The van der Waals surface area contributed by atoms with Crippen molar-refractivity contribution in [3.8, 4) is 11.5 Å². The zero-order chi connectivity index (χ0) is 11.4. The molecule has 3 N–H and O–H groups in total. The lowest BCUT2D eigenvalue weighted by Crippen LogP contribution is -2.12. The summed E-state index contributed by atoms with van der Waals surface area (Å²) in [7, 11) is 1.57. The Morgan fingerprint density at radius 2 is 1.87 bits per heavy atom. The topological polar surface area (TPSA) is 68.3 Å². The molecule has 0 aliphatic heterocycles. The van der Waals surface area contributed by atoms with Gasteiger partial charge in [0.2, 0.25) is 0 Å². The van der Waals surface area contributed by atoms with E-state index in [0.717, 1.165) is 0 Å². The third-order valence-electron chi connectivity index (χ3n) is 1.80. The van der Waals surface area contributed by atoms with E-state index >= 15 is 0 Å². The Hall–Kier alpha value is -1.71. The van der Waals surface area contributed by atoms with Crippen LogP contribution in [0.15, 0.2) is 18.2 Å². The highest BCUT2D eigenvalue weighted by Crippen LogP contribution is 2.23. The fourth-order valence-corrected chi connectivity index (χ4v) is 1.19. The van der Waals surface area contributed by atoms with Crippen molar-refractivity contribution in [1.82, 2.24) is 0 Å². The molecular weight excluding hydrogens is 192 g/mol. The molecule has 82 valence electrons. The van der Waals surface area contributed by atoms with Crippen molar-refractivity contribution in [3.05, 3.63) is 23.8 Å². The summed E-state index contributed by atoms with van der Waals surface area (Å²) in [4.78, 5) is 0. The number of ether oxygens (including phenoxy) is 2. The van der Waals surface area contributed by atoms with Crippen molar-refractivity contribution in [2.75, 3.05) is 7.11 Å². The van der Waals surface area contributed by atoms with Gasteiger partial charge in [0.25, 0.3) is 0 Å². The van der Waals surface area contributed by atoms with Gasteiger partial charge in [-0.2, -0.15) is 0 Å². The number of methoxy groups -OCH3 is 1. The van der Waals surface area contributed by atoms with Crippen LogP contribution in [-0.2, 0) is 0 Å². The first-order valence-electron chi connectivity index (χ1n) is 4.73. The maximum atomic E-state index is 7.35. The number of hydrogen-bond donors (Lipinski definition) is 2. The molecule has 0 radical (unpaired) electrons. The second kappa shape index (κ2) is 4.68. The summed E-state index contributed by atoms with van der Waals surface area (Å²) in [5.74, 6) is 1.30. The fraction of sp³-hybridized carbons (Fsp3) is 0.364. The Morgan fingerprint density at radius 1 is 1.27 bits per heavy atom. The molecule has 4 nitrogen and oxygen atoms in total. The number of nitrogens with two attached hydrogens (primary N) is 1. The molecular formula is C11H16N2O2. The Labute approximate surface area is 89.5 Å². The van der Waals surface area contributed by atoms with Crippen LogP contribution in [0, 0.1) is 5.41 Å². The summed E-state index contributed by atoms with van der Waals surface area (Å²) < 4.78 is 10.6. The highest BCUT2D eigenvalue weighted by Gasteiger charge is 2.05. The Morgan fingerprint density at radius 3 is 2.33 bits per heavy atom. The second-order valence-corrected chi connectivity index (χ2v) is 3.48. The molecule has 0 saturated carbocycles. The van der Waals surface area contributed by atoms with Gasteiger partial charge in [-0.1, -0.05) is 0 Å². The van der Waals surface area contributed by atoms with Crippen LogP contribution in [0.1, 0.15) is 19.4 Å². The molecule has 0 heterocycles. The standard InChI is InChI=1S/C11H16N2O2/c1-7(2)15-10-5-8(11(12)13)4-9(6-10)14-3/h4-7H,1-3H3,(H3,12,13). The maximum absolute atomic E-state index is 7.35. The Kier molecular flexibility index (Phi) is 3.55. The van der Waals surface area contributed by atoms with Crippen LogP contribution in [0.5, 0.6) is 11.5 Å². The summed E-state index contributed by atoms with van der Waals surface area (Å²) in [5, 5.41) is 7.35. The first-order chi connectivity index (χ1) is 7.02. The monoisotopic (exact) mass is 208 g/mol. The van der Waals surface area contributed by atoms with Gasteiger partial charge in [0.1, 0.15) is 17.3 Å². The summed E-state index contributed by atoms with van der Waals surface area (Å²) in [6, 6.07) is 5.20. The molecule has 0 unspecified atom stereocenters. The number of nitrogens with one attached hydrogen (secondary N) is 1. The Bertz CT molecular complexity index is 362. The largest absolute Gasteiger partial charge is 0.497 e. The van der Waals surface area contributed by atoms with Gasteiger partial charge in [0.15, 0.2) is 0 Å². The molecule has 15 heavy (non-hydrogen) atoms.